The minimum Gasteiger partial charge on any atom is -0.354 e. The Kier molecular flexibility index (Phi) is 9.20. The Bertz CT molecular complexity index is 650. The van der Waals surface area contributed by atoms with Gasteiger partial charge in [0.15, 0.2) is 0 Å². The molecule has 25 heavy (non-hydrogen) atoms. The van der Waals surface area contributed by atoms with E-state index in [4.69, 9.17) is 5.73 Å². The normalized spacial score (nSPS) is 12.6. The molecule has 1 aromatic carbocycles. The number of rotatable bonds is 8. The van der Waals surface area contributed by atoms with E-state index in [9.17, 15) is 9.59 Å². The van der Waals surface area contributed by atoms with Gasteiger partial charge in [0.1, 0.15) is 6.04 Å². The molecule has 2 amide bonds. The fourth-order valence-corrected chi connectivity index (χ4v) is 2.80. The molecule has 5 nitrogen and oxygen atoms in total. The summed E-state index contributed by atoms with van der Waals surface area (Å²) in [5.41, 5.74) is 6.58. The van der Waals surface area contributed by atoms with Crippen LogP contribution in [0.5, 0.6) is 0 Å². The summed E-state index contributed by atoms with van der Waals surface area (Å²) in [5.74, 6) is -0.226. The van der Waals surface area contributed by atoms with Crippen LogP contribution in [0.3, 0.4) is 0 Å². The summed E-state index contributed by atoms with van der Waals surface area (Å²) in [6.45, 7) is 2.97. The summed E-state index contributed by atoms with van der Waals surface area (Å²) in [5, 5.41) is 7.55. The number of benzene rings is 1. The summed E-state index contributed by atoms with van der Waals surface area (Å²) in [6, 6.07) is 12.6. The lowest BCUT2D eigenvalue weighted by atomic mass is 10.0. The first-order valence-electron chi connectivity index (χ1n) is 7.96. The Hall–Kier alpha value is -1.89. The van der Waals surface area contributed by atoms with Crippen LogP contribution in [0.1, 0.15) is 22.2 Å². The Balaban J connectivity index is 0.00000312. The maximum Gasteiger partial charge on any atom is 0.262 e. The van der Waals surface area contributed by atoms with Crippen molar-refractivity contribution in [3.63, 3.8) is 0 Å². The highest BCUT2D eigenvalue weighted by atomic mass is 35.5. The van der Waals surface area contributed by atoms with Crippen LogP contribution >= 0.6 is 23.7 Å². The van der Waals surface area contributed by atoms with Crippen molar-refractivity contribution in [3.05, 3.63) is 58.3 Å². The van der Waals surface area contributed by atoms with Crippen molar-refractivity contribution in [1.29, 1.82) is 0 Å². The lowest BCUT2D eigenvalue weighted by Crippen LogP contribution is -2.49. The van der Waals surface area contributed by atoms with E-state index < -0.39 is 6.04 Å². The molecule has 2 atom stereocenters. The molecule has 2 rings (SSSR count). The molecule has 1 aromatic heterocycles. The molecule has 0 aliphatic rings. The van der Waals surface area contributed by atoms with Gasteiger partial charge in [-0.2, -0.15) is 0 Å². The third-order valence-electron chi connectivity index (χ3n) is 3.68. The Morgan fingerprint density at radius 3 is 2.48 bits per heavy atom. The molecule has 0 aliphatic heterocycles. The predicted octanol–water partition coefficient (Wildman–Crippen LogP) is 2.22. The summed E-state index contributed by atoms with van der Waals surface area (Å²) in [4.78, 5) is 25.4. The van der Waals surface area contributed by atoms with Gasteiger partial charge >= 0.3 is 0 Å². The molecule has 0 fully saturated rings. The largest absolute Gasteiger partial charge is 0.354 e. The van der Waals surface area contributed by atoms with Gasteiger partial charge in [0.2, 0.25) is 5.91 Å². The molecule has 0 saturated heterocycles. The number of thiophene rings is 1. The standard InChI is InChI=1S/C18H23N3O2S.ClH/c1-13(11-19)12-20-17(22)15(10-14-6-3-2-4-7-14)21-18(23)16-8-5-9-24-16;/h2-9,13,15H,10-12,19H2,1H3,(H,20,22)(H,21,23);1H. The van der Waals surface area contributed by atoms with Gasteiger partial charge < -0.3 is 16.4 Å². The number of halogens is 1. The number of nitrogens with one attached hydrogen (secondary N) is 2. The summed E-state index contributed by atoms with van der Waals surface area (Å²) in [6.07, 6.45) is 0.445. The molecular weight excluding hydrogens is 358 g/mol. The molecule has 0 radical (unpaired) electrons. The highest BCUT2D eigenvalue weighted by molar-refractivity contribution is 7.12. The second-order valence-corrected chi connectivity index (χ2v) is 6.73. The van der Waals surface area contributed by atoms with Crippen LogP contribution in [-0.4, -0.2) is 30.9 Å². The van der Waals surface area contributed by atoms with Gasteiger partial charge in [0.05, 0.1) is 4.88 Å². The van der Waals surface area contributed by atoms with Gasteiger partial charge in [-0.1, -0.05) is 43.3 Å². The first-order valence-corrected chi connectivity index (χ1v) is 8.84. The number of hydrogen-bond donors (Lipinski definition) is 3. The van der Waals surface area contributed by atoms with Crippen LogP contribution in [0.2, 0.25) is 0 Å². The molecule has 2 unspecified atom stereocenters. The molecule has 7 heteroatoms. The molecule has 136 valence electrons. The van der Waals surface area contributed by atoms with E-state index in [-0.39, 0.29) is 30.1 Å². The maximum absolute atomic E-state index is 12.5. The number of carbonyl (C=O) groups excluding carboxylic acids is 2. The topological polar surface area (TPSA) is 84.2 Å². The minimum absolute atomic E-state index is 0. The van der Waals surface area contributed by atoms with Gasteiger partial charge in [-0.3, -0.25) is 9.59 Å². The lowest BCUT2D eigenvalue weighted by molar-refractivity contribution is -0.123. The molecule has 2 aromatic rings. The monoisotopic (exact) mass is 381 g/mol. The number of carbonyl (C=O) groups is 2. The van der Waals surface area contributed by atoms with Gasteiger partial charge in [-0.05, 0) is 29.5 Å². The van der Waals surface area contributed by atoms with Crippen LogP contribution in [0.15, 0.2) is 47.8 Å². The number of amides is 2. The van der Waals surface area contributed by atoms with Crippen molar-refractivity contribution >= 4 is 35.6 Å². The fourth-order valence-electron chi connectivity index (χ4n) is 2.18. The summed E-state index contributed by atoms with van der Waals surface area (Å²) in [7, 11) is 0. The second-order valence-electron chi connectivity index (χ2n) is 5.78. The predicted molar refractivity (Wildman–Crippen MR) is 104 cm³/mol. The van der Waals surface area contributed by atoms with Gasteiger partial charge in [0.25, 0.3) is 5.91 Å². The zero-order valence-electron chi connectivity index (χ0n) is 14.1. The van der Waals surface area contributed by atoms with Crippen molar-refractivity contribution in [1.82, 2.24) is 10.6 Å². The smallest absolute Gasteiger partial charge is 0.262 e. The molecule has 0 saturated carbocycles. The fraction of sp³-hybridized carbons (Fsp3) is 0.333. The third kappa shape index (κ3) is 6.86. The molecule has 0 aliphatic carbocycles. The van der Waals surface area contributed by atoms with E-state index in [1.54, 1.807) is 6.07 Å². The second kappa shape index (κ2) is 10.9. The van der Waals surface area contributed by atoms with Crippen LogP contribution < -0.4 is 16.4 Å². The van der Waals surface area contributed by atoms with E-state index in [0.717, 1.165) is 5.56 Å². The van der Waals surface area contributed by atoms with Gasteiger partial charge in [-0.15, -0.1) is 23.7 Å². The van der Waals surface area contributed by atoms with Crippen molar-refractivity contribution in [2.24, 2.45) is 11.7 Å². The van der Waals surface area contributed by atoms with Crippen molar-refractivity contribution < 1.29 is 9.59 Å². The number of nitrogens with two attached hydrogens (primary N) is 1. The molecular formula is C18H24ClN3O2S. The highest BCUT2D eigenvalue weighted by Gasteiger charge is 2.22. The Morgan fingerprint density at radius 2 is 1.88 bits per heavy atom. The van der Waals surface area contributed by atoms with Crippen molar-refractivity contribution in [2.75, 3.05) is 13.1 Å². The third-order valence-corrected chi connectivity index (χ3v) is 4.55. The Morgan fingerprint density at radius 1 is 1.16 bits per heavy atom. The van der Waals surface area contributed by atoms with E-state index in [1.807, 2.05) is 48.7 Å². The lowest BCUT2D eigenvalue weighted by Gasteiger charge is -2.19. The SMILES string of the molecule is CC(CN)CNC(=O)C(Cc1ccccc1)NC(=O)c1cccs1.Cl. The zero-order chi connectivity index (χ0) is 17.4. The molecule has 0 spiro atoms. The van der Waals surface area contributed by atoms with Gasteiger partial charge in [-0.25, -0.2) is 0 Å². The molecule has 1 heterocycles. The number of hydrogen-bond acceptors (Lipinski definition) is 4. The van der Waals surface area contributed by atoms with E-state index in [2.05, 4.69) is 10.6 Å². The van der Waals surface area contributed by atoms with Crippen molar-refractivity contribution in [3.8, 4) is 0 Å². The highest BCUT2D eigenvalue weighted by Crippen LogP contribution is 2.10. The average Bonchev–Trinajstić information content (AvgIpc) is 3.14. The van der Waals surface area contributed by atoms with E-state index in [1.165, 1.54) is 11.3 Å². The summed E-state index contributed by atoms with van der Waals surface area (Å²) < 4.78 is 0. The summed E-state index contributed by atoms with van der Waals surface area (Å²) >= 11 is 1.35. The van der Waals surface area contributed by atoms with Crippen LogP contribution in [0.25, 0.3) is 0 Å². The minimum atomic E-state index is -0.619. The van der Waals surface area contributed by atoms with Crippen LogP contribution in [0.4, 0.5) is 0 Å². The quantitative estimate of drug-likeness (QED) is 0.655. The first kappa shape index (κ1) is 21.2. The zero-order valence-corrected chi connectivity index (χ0v) is 15.7. The first-order chi connectivity index (χ1) is 11.6. The molecule has 4 N–H and O–H groups in total. The van der Waals surface area contributed by atoms with Crippen molar-refractivity contribution in [2.45, 2.75) is 19.4 Å². The average molecular weight is 382 g/mol. The van der Waals surface area contributed by atoms with Crippen LogP contribution in [0, 0.1) is 5.92 Å². The maximum atomic E-state index is 12.5. The van der Waals surface area contributed by atoms with Crippen LogP contribution in [-0.2, 0) is 11.2 Å². The van der Waals surface area contributed by atoms with E-state index >= 15 is 0 Å². The van der Waals surface area contributed by atoms with E-state index in [0.29, 0.717) is 24.4 Å². The van der Waals surface area contributed by atoms with Gasteiger partial charge in [0, 0.05) is 13.0 Å². The Labute approximate surface area is 158 Å². The molecule has 0 bridgehead atoms.